The van der Waals surface area contributed by atoms with Crippen molar-refractivity contribution in [1.82, 2.24) is 4.98 Å². The molecule has 0 bridgehead atoms. The summed E-state index contributed by atoms with van der Waals surface area (Å²) in [7, 11) is 0. The molecule has 0 fully saturated rings. The zero-order chi connectivity index (χ0) is 7.68. The maximum absolute atomic E-state index is 3.08. The van der Waals surface area contributed by atoms with Crippen LogP contribution in [0.15, 0.2) is 35.5 Å². The van der Waals surface area contributed by atoms with Crippen LogP contribution < -0.4 is 0 Å². The average Bonchev–Trinajstić information content (AvgIpc) is 2.50. The van der Waals surface area contributed by atoms with Crippen molar-refractivity contribution in [2.75, 3.05) is 6.26 Å². The fraction of sp³-hybridized carbons (Fsp3) is 0.111. The number of nitrogens with one attached hydrogen (secondary N) is 1. The van der Waals surface area contributed by atoms with Crippen molar-refractivity contribution in [3.05, 3.63) is 30.6 Å². The SMILES string of the molecule is CSc1ccc2c[nH]cc2c1. The average molecular weight is 163 g/mol. The van der Waals surface area contributed by atoms with Gasteiger partial charge in [-0.3, -0.25) is 0 Å². The molecular formula is C9H9NS. The number of fused-ring (bicyclic) bond motifs is 1. The summed E-state index contributed by atoms with van der Waals surface area (Å²) >= 11 is 1.77. The molecule has 0 aliphatic carbocycles. The number of aromatic amines is 1. The molecule has 0 aliphatic heterocycles. The summed E-state index contributed by atoms with van der Waals surface area (Å²) in [5.74, 6) is 0. The summed E-state index contributed by atoms with van der Waals surface area (Å²) in [6, 6.07) is 6.47. The van der Waals surface area contributed by atoms with Crippen LogP contribution in [0, 0.1) is 0 Å². The normalized spacial score (nSPS) is 10.6. The minimum atomic E-state index is 1.28. The molecule has 1 nitrogen and oxygen atoms in total. The van der Waals surface area contributed by atoms with Gasteiger partial charge in [0.05, 0.1) is 0 Å². The highest BCUT2D eigenvalue weighted by atomic mass is 32.2. The standard InChI is InChI=1S/C9H9NS/c1-11-9-3-2-7-5-10-6-8(7)4-9/h2-6,10H,1H3. The van der Waals surface area contributed by atoms with Crippen molar-refractivity contribution in [3.63, 3.8) is 0 Å². The molecule has 0 amide bonds. The highest BCUT2D eigenvalue weighted by molar-refractivity contribution is 7.98. The highest BCUT2D eigenvalue weighted by Crippen LogP contribution is 2.20. The Morgan fingerprint density at radius 1 is 1.18 bits per heavy atom. The van der Waals surface area contributed by atoms with Gasteiger partial charge in [0, 0.05) is 22.7 Å². The lowest BCUT2D eigenvalue weighted by atomic mass is 10.2. The third-order valence-electron chi connectivity index (χ3n) is 1.77. The third-order valence-corrected chi connectivity index (χ3v) is 2.50. The maximum Gasteiger partial charge on any atom is 0.00847 e. The molecule has 0 saturated carbocycles. The molecule has 1 N–H and O–H groups in total. The Kier molecular flexibility index (Phi) is 1.62. The Bertz CT molecular complexity index is 364. The number of hydrogen-bond acceptors (Lipinski definition) is 1. The predicted octanol–water partition coefficient (Wildman–Crippen LogP) is 2.89. The van der Waals surface area contributed by atoms with Gasteiger partial charge in [-0.2, -0.15) is 0 Å². The van der Waals surface area contributed by atoms with Crippen molar-refractivity contribution in [3.8, 4) is 0 Å². The molecule has 56 valence electrons. The Balaban J connectivity index is 2.67. The van der Waals surface area contributed by atoms with Crippen LogP contribution in [0.25, 0.3) is 10.8 Å². The van der Waals surface area contributed by atoms with E-state index in [0.29, 0.717) is 0 Å². The molecule has 1 heterocycles. The second-order valence-electron chi connectivity index (χ2n) is 2.45. The van der Waals surface area contributed by atoms with Crippen molar-refractivity contribution < 1.29 is 0 Å². The first kappa shape index (κ1) is 6.80. The van der Waals surface area contributed by atoms with Gasteiger partial charge in [0.2, 0.25) is 0 Å². The number of thioether (sulfide) groups is 1. The van der Waals surface area contributed by atoms with Gasteiger partial charge >= 0.3 is 0 Å². The zero-order valence-electron chi connectivity index (χ0n) is 6.29. The lowest BCUT2D eigenvalue weighted by Crippen LogP contribution is -1.67. The monoisotopic (exact) mass is 163 g/mol. The lowest BCUT2D eigenvalue weighted by molar-refractivity contribution is 1.43. The van der Waals surface area contributed by atoms with Gasteiger partial charge < -0.3 is 4.98 Å². The van der Waals surface area contributed by atoms with Crippen molar-refractivity contribution in [2.45, 2.75) is 4.90 Å². The molecule has 0 aliphatic rings. The van der Waals surface area contributed by atoms with E-state index in [1.165, 1.54) is 15.7 Å². The molecule has 0 atom stereocenters. The van der Waals surface area contributed by atoms with Crippen molar-refractivity contribution in [1.29, 1.82) is 0 Å². The van der Waals surface area contributed by atoms with Crippen molar-refractivity contribution in [2.24, 2.45) is 0 Å². The smallest absolute Gasteiger partial charge is 0.00847 e. The fourth-order valence-corrected chi connectivity index (χ4v) is 1.61. The predicted molar refractivity (Wildman–Crippen MR) is 50.1 cm³/mol. The Morgan fingerprint density at radius 3 is 2.82 bits per heavy atom. The molecule has 0 unspecified atom stereocenters. The van der Waals surface area contributed by atoms with Crippen LogP contribution in [-0.4, -0.2) is 11.2 Å². The molecule has 2 rings (SSSR count). The molecule has 0 spiro atoms. The van der Waals surface area contributed by atoms with Gasteiger partial charge in [-0.15, -0.1) is 11.8 Å². The van der Waals surface area contributed by atoms with E-state index in [2.05, 4.69) is 29.4 Å². The van der Waals surface area contributed by atoms with Gasteiger partial charge in [0.1, 0.15) is 0 Å². The highest BCUT2D eigenvalue weighted by Gasteiger charge is 1.94. The van der Waals surface area contributed by atoms with E-state index in [-0.39, 0.29) is 0 Å². The summed E-state index contributed by atoms with van der Waals surface area (Å²) in [5, 5.41) is 2.57. The van der Waals surface area contributed by atoms with E-state index in [0.717, 1.165) is 0 Å². The summed E-state index contributed by atoms with van der Waals surface area (Å²) in [5.41, 5.74) is 0. The molecule has 0 saturated heterocycles. The van der Waals surface area contributed by atoms with Gasteiger partial charge in [-0.05, 0) is 23.8 Å². The van der Waals surface area contributed by atoms with Gasteiger partial charge in [-0.25, -0.2) is 0 Å². The quantitative estimate of drug-likeness (QED) is 0.639. The lowest BCUT2D eigenvalue weighted by Gasteiger charge is -1.94. The Morgan fingerprint density at radius 2 is 2.00 bits per heavy atom. The van der Waals surface area contributed by atoms with Crippen LogP contribution in [0.4, 0.5) is 0 Å². The first-order valence-corrected chi connectivity index (χ1v) is 4.73. The van der Waals surface area contributed by atoms with E-state index < -0.39 is 0 Å². The molecule has 1 aromatic heterocycles. The van der Waals surface area contributed by atoms with Crippen molar-refractivity contribution >= 4 is 22.5 Å². The number of aromatic nitrogens is 1. The Labute approximate surface area is 69.8 Å². The third kappa shape index (κ3) is 1.14. The summed E-state index contributed by atoms with van der Waals surface area (Å²) in [6.07, 6.45) is 6.13. The second-order valence-corrected chi connectivity index (χ2v) is 3.33. The van der Waals surface area contributed by atoms with Crippen LogP contribution in [0.1, 0.15) is 0 Å². The largest absolute Gasteiger partial charge is 0.366 e. The van der Waals surface area contributed by atoms with E-state index in [4.69, 9.17) is 0 Å². The molecule has 2 heteroatoms. The number of benzene rings is 1. The first-order valence-electron chi connectivity index (χ1n) is 3.51. The summed E-state index contributed by atoms with van der Waals surface area (Å²) in [6.45, 7) is 0. The topological polar surface area (TPSA) is 15.8 Å². The maximum atomic E-state index is 3.08. The number of rotatable bonds is 1. The minimum Gasteiger partial charge on any atom is -0.366 e. The molecular weight excluding hydrogens is 154 g/mol. The molecule has 11 heavy (non-hydrogen) atoms. The first-order chi connectivity index (χ1) is 5.40. The molecule has 1 aromatic carbocycles. The Hall–Kier alpha value is -0.890. The number of hydrogen-bond donors (Lipinski definition) is 1. The van der Waals surface area contributed by atoms with Crippen LogP contribution in [0.2, 0.25) is 0 Å². The van der Waals surface area contributed by atoms with Crippen LogP contribution in [0.5, 0.6) is 0 Å². The summed E-state index contributed by atoms with van der Waals surface area (Å²) in [4.78, 5) is 4.40. The van der Waals surface area contributed by atoms with Crippen LogP contribution >= 0.6 is 11.8 Å². The van der Waals surface area contributed by atoms with E-state index in [1.807, 2.05) is 12.4 Å². The second kappa shape index (κ2) is 2.62. The fourth-order valence-electron chi connectivity index (χ4n) is 1.16. The van der Waals surface area contributed by atoms with E-state index >= 15 is 0 Å². The zero-order valence-corrected chi connectivity index (χ0v) is 7.11. The van der Waals surface area contributed by atoms with Gasteiger partial charge in [0.25, 0.3) is 0 Å². The minimum absolute atomic E-state index is 1.28. The van der Waals surface area contributed by atoms with Crippen LogP contribution in [0.3, 0.4) is 0 Å². The van der Waals surface area contributed by atoms with Gasteiger partial charge in [-0.1, -0.05) is 6.07 Å². The van der Waals surface area contributed by atoms with E-state index in [1.54, 1.807) is 11.8 Å². The molecule has 0 radical (unpaired) electrons. The molecule has 2 aromatic rings. The summed E-state index contributed by atoms with van der Waals surface area (Å²) < 4.78 is 0. The van der Waals surface area contributed by atoms with Gasteiger partial charge in [0.15, 0.2) is 0 Å². The van der Waals surface area contributed by atoms with E-state index in [9.17, 15) is 0 Å². The van der Waals surface area contributed by atoms with Crippen LogP contribution in [-0.2, 0) is 0 Å². The number of H-pyrrole nitrogens is 1.